The zero-order chi connectivity index (χ0) is 21.0. The molecule has 3 rings (SSSR count). The van der Waals surface area contributed by atoms with Crippen LogP contribution in [0, 0.1) is 0 Å². The number of carbonyl (C=O) groups is 2. The van der Waals surface area contributed by atoms with Crippen molar-refractivity contribution in [2.45, 2.75) is 32.6 Å². The van der Waals surface area contributed by atoms with Gasteiger partial charge in [-0.05, 0) is 30.3 Å². The first-order valence-electron chi connectivity index (χ1n) is 9.04. The van der Waals surface area contributed by atoms with E-state index in [9.17, 15) is 14.7 Å². The molecule has 29 heavy (non-hydrogen) atoms. The SMILES string of the molecule is CC(C)(C)c1cc(CC(=O)Nc2ccc(NC(=O)c3cccc(O)n3)cc2)no1. The molecule has 8 heteroatoms. The second-order valence-electron chi connectivity index (χ2n) is 7.57. The van der Waals surface area contributed by atoms with Crippen molar-refractivity contribution in [1.29, 1.82) is 0 Å². The molecule has 150 valence electrons. The number of nitrogens with one attached hydrogen (secondary N) is 2. The monoisotopic (exact) mass is 394 g/mol. The third-order valence-corrected chi connectivity index (χ3v) is 4.03. The Hall–Kier alpha value is -3.68. The predicted octanol–water partition coefficient (Wildman–Crippen LogP) is 3.51. The van der Waals surface area contributed by atoms with Crippen LogP contribution in [0.3, 0.4) is 0 Å². The molecule has 8 nitrogen and oxygen atoms in total. The van der Waals surface area contributed by atoms with Gasteiger partial charge in [-0.1, -0.05) is 32.0 Å². The highest BCUT2D eigenvalue weighted by atomic mass is 16.5. The van der Waals surface area contributed by atoms with E-state index in [1.165, 1.54) is 18.2 Å². The number of aromatic hydroxyl groups is 1. The van der Waals surface area contributed by atoms with Crippen LogP contribution < -0.4 is 10.6 Å². The van der Waals surface area contributed by atoms with Crippen LogP contribution in [-0.4, -0.2) is 27.1 Å². The van der Waals surface area contributed by atoms with Crippen molar-refractivity contribution < 1.29 is 19.2 Å². The number of hydrogen-bond acceptors (Lipinski definition) is 6. The van der Waals surface area contributed by atoms with Crippen molar-refractivity contribution in [2.75, 3.05) is 10.6 Å². The molecule has 3 N–H and O–H groups in total. The normalized spacial score (nSPS) is 11.1. The van der Waals surface area contributed by atoms with Crippen LogP contribution in [0.15, 0.2) is 53.1 Å². The van der Waals surface area contributed by atoms with E-state index in [0.717, 1.165) is 5.76 Å². The minimum atomic E-state index is -0.446. The third-order valence-electron chi connectivity index (χ3n) is 4.03. The van der Waals surface area contributed by atoms with E-state index in [1.807, 2.05) is 20.8 Å². The lowest BCUT2D eigenvalue weighted by Gasteiger charge is -2.12. The van der Waals surface area contributed by atoms with Gasteiger partial charge in [0.1, 0.15) is 11.5 Å². The lowest BCUT2D eigenvalue weighted by atomic mass is 9.93. The van der Waals surface area contributed by atoms with Crippen molar-refractivity contribution in [2.24, 2.45) is 0 Å². The zero-order valence-corrected chi connectivity index (χ0v) is 16.4. The summed E-state index contributed by atoms with van der Waals surface area (Å²) in [7, 11) is 0. The van der Waals surface area contributed by atoms with Crippen LogP contribution in [0.4, 0.5) is 11.4 Å². The predicted molar refractivity (Wildman–Crippen MR) is 108 cm³/mol. The van der Waals surface area contributed by atoms with Crippen molar-refractivity contribution in [3.05, 3.63) is 65.7 Å². The number of amides is 2. The lowest BCUT2D eigenvalue weighted by Crippen LogP contribution is -2.15. The summed E-state index contributed by atoms with van der Waals surface area (Å²) in [4.78, 5) is 28.1. The Kier molecular flexibility index (Phi) is 5.63. The molecule has 0 saturated carbocycles. The number of benzene rings is 1. The lowest BCUT2D eigenvalue weighted by molar-refractivity contribution is -0.115. The molecule has 0 aliphatic carbocycles. The summed E-state index contributed by atoms with van der Waals surface area (Å²) < 4.78 is 5.29. The van der Waals surface area contributed by atoms with Gasteiger partial charge in [0.25, 0.3) is 5.91 Å². The summed E-state index contributed by atoms with van der Waals surface area (Å²) in [5.41, 5.74) is 1.61. The van der Waals surface area contributed by atoms with Crippen LogP contribution in [0.2, 0.25) is 0 Å². The van der Waals surface area contributed by atoms with Crippen LogP contribution >= 0.6 is 0 Å². The van der Waals surface area contributed by atoms with Gasteiger partial charge in [-0.2, -0.15) is 0 Å². The highest BCUT2D eigenvalue weighted by molar-refractivity contribution is 6.03. The first-order chi connectivity index (χ1) is 13.7. The average Bonchev–Trinajstić information content (AvgIpc) is 3.12. The van der Waals surface area contributed by atoms with Gasteiger partial charge < -0.3 is 20.3 Å². The molecule has 2 heterocycles. The van der Waals surface area contributed by atoms with E-state index in [2.05, 4.69) is 20.8 Å². The van der Waals surface area contributed by atoms with Crippen molar-refractivity contribution in [3.63, 3.8) is 0 Å². The number of carbonyl (C=O) groups excluding carboxylic acids is 2. The van der Waals surface area contributed by atoms with Gasteiger partial charge in [-0.25, -0.2) is 4.98 Å². The molecule has 0 atom stereocenters. The summed E-state index contributed by atoms with van der Waals surface area (Å²) in [6, 6.07) is 12.9. The number of hydrogen-bond donors (Lipinski definition) is 3. The minimum absolute atomic E-state index is 0.0984. The molecule has 0 radical (unpaired) electrons. The molecule has 0 aliphatic heterocycles. The number of rotatable bonds is 5. The molecule has 0 aliphatic rings. The maximum atomic E-state index is 12.2. The molecular formula is C21H22N4O4. The van der Waals surface area contributed by atoms with Crippen molar-refractivity contribution in [3.8, 4) is 5.88 Å². The Balaban J connectivity index is 1.56. The van der Waals surface area contributed by atoms with Gasteiger partial charge in [0.2, 0.25) is 11.8 Å². The van der Waals surface area contributed by atoms with Crippen LogP contribution in [0.5, 0.6) is 5.88 Å². The topological polar surface area (TPSA) is 117 Å². The van der Waals surface area contributed by atoms with Gasteiger partial charge in [-0.15, -0.1) is 0 Å². The van der Waals surface area contributed by atoms with Crippen LogP contribution in [0.1, 0.15) is 42.7 Å². The Labute approximate surface area is 168 Å². The van der Waals surface area contributed by atoms with Gasteiger partial charge in [-0.3, -0.25) is 9.59 Å². The molecule has 2 aromatic heterocycles. The smallest absolute Gasteiger partial charge is 0.274 e. The third kappa shape index (κ3) is 5.41. The van der Waals surface area contributed by atoms with E-state index >= 15 is 0 Å². The standard InChI is InChI=1S/C21H22N4O4/c1-21(2,3)17-11-15(25-29-17)12-19(27)22-13-7-9-14(10-8-13)23-20(28)16-5-4-6-18(26)24-16/h4-11H,12H2,1-3H3,(H,22,27)(H,23,28)(H,24,26). The van der Waals surface area contributed by atoms with Gasteiger partial charge in [0.15, 0.2) is 0 Å². The summed E-state index contributed by atoms with van der Waals surface area (Å²) in [5, 5.41) is 18.7. The van der Waals surface area contributed by atoms with E-state index in [0.29, 0.717) is 17.1 Å². The number of anilines is 2. The molecule has 0 saturated heterocycles. The second-order valence-corrected chi connectivity index (χ2v) is 7.57. The van der Waals surface area contributed by atoms with Gasteiger partial charge in [0.05, 0.1) is 12.1 Å². The maximum absolute atomic E-state index is 12.2. The molecule has 1 aromatic carbocycles. The Morgan fingerprint density at radius 2 is 1.69 bits per heavy atom. The number of aromatic nitrogens is 2. The quantitative estimate of drug-likeness (QED) is 0.610. The number of nitrogens with zero attached hydrogens (tertiary/aromatic N) is 2. The fourth-order valence-electron chi connectivity index (χ4n) is 2.50. The largest absolute Gasteiger partial charge is 0.493 e. The zero-order valence-electron chi connectivity index (χ0n) is 16.4. The summed E-state index contributed by atoms with van der Waals surface area (Å²) in [6.07, 6.45) is 0.0984. The molecule has 3 aromatic rings. The summed E-state index contributed by atoms with van der Waals surface area (Å²) in [6.45, 7) is 6.02. The van der Waals surface area contributed by atoms with Crippen LogP contribution in [-0.2, 0) is 16.6 Å². The molecular weight excluding hydrogens is 372 g/mol. The van der Waals surface area contributed by atoms with Crippen molar-refractivity contribution in [1.82, 2.24) is 10.1 Å². The fraction of sp³-hybridized carbons (Fsp3) is 0.238. The Morgan fingerprint density at radius 1 is 1.03 bits per heavy atom. The van der Waals surface area contributed by atoms with E-state index in [1.54, 1.807) is 30.3 Å². The van der Waals surface area contributed by atoms with Crippen LogP contribution in [0.25, 0.3) is 0 Å². The molecule has 0 fully saturated rings. The van der Waals surface area contributed by atoms with E-state index < -0.39 is 5.91 Å². The Bertz CT molecular complexity index is 1020. The first kappa shape index (κ1) is 20.1. The molecule has 0 unspecified atom stereocenters. The fourth-order valence-corrected chi connectivity index (χ4v) is 2.50. The number of pyridine rings is 1. The van der Waals surface area contributed by atoms with E-state index in [4.69, 9.17) is 4.52 Å². The van der Waals surface area contributed by atoms with E-state index in [-0.39, 0.29) is 29.3 Å². The second kappa shape index (κ2) is 8.14. The highest BCUT2D eigenvalue weighted by Gasteiger charge is 2.20. The molecule has 2 amide bonds. The molecule has 0 spiro atoms. The maximum Gasteiger partial charge on any atom is 0.274 e. The van der Waals surface area contributed by atoms with Crippen molar-refractivity contribution >= 4 is 23.2 Å². The molecule has 0 bridgehead atoms. The minimum Gasteiger partial charge on any atom is -0.493 e. The average molecular weight is 394 g/mol. The summed E-state index contributed by atoms with van der Waals surface area (Å²) in [5.74, 6) is -0.170. The van der Waals surface area contributed by atoms with Gasteiger partial charge >= 0.3 is 0 Å². The summed E-state index contributed by atoms with van der Waals surface area (Å²) >= 11 is 0. The first-order valence-corrected chi connectivity index (χ1v) is 9.04. The van der Waals surface area contributed by atoms with Gasteiger partial charge in [0, 0.05) is 28.9 Å². The Morgan fingerprint density at radius 3 is 2.28 bits per heavy atom. The highest BCUT2D eigenvalue weighted by Crippen LogP contribution is 2.23.